The largest absolute Gasteiger partial charge is 0.458 e. The van der Waals surface area contributed by atoms with Gasteiger partial charge in [-0.1, -0.05) is 0 Å². The summed E-state index contributed by atoms with van der Waals surface area (Å²) in [5.41, 5.74) is 1.77. The number of hydrogen-bond donors (Lipinski definition) is 2. The molecule has 2 rings (SSSR count). The molecule has 8 heteroatoms. The van der Waals surface area contributed by atoms with Crippen LogP contribution in [0, 0.1) is 0 Å². The molecule has 0 saturated carbocycles. The Kier molecular flexibility index (Phi) is 7.27. The molecule has 0 fully saturated rings. The molecule has 0 aliphatic heterocycles. The van der Waals surface area contributed by atoms with Crippen molar-refractivity contribution in [2.24, 2.45) is 0 Å². The summed E-state index contributed by atoms with van der Waals surface area (Å²) >= 11 is 0. The van der Waals surface area contributed by atoms with Gasteiger partial charge in [0.2, 0.25) is 11.8 Å². The van der Waals surface area contributed by atoms with E-state index in [0.717, 1.165) is 0 Å². The maximum atomic E-state index is 11.9. The van der Waals surface area contributed by atoms with Gasteiger partial charge in [0.05, 0.1) is 11.1 Å². The van der Waals surface area contributed by atoms with Gasteiger partial charge >= 0.3 is 11.9 Å². The van der Waals surface area contributed by atoms with Gasteiger partial charge in [-0.3, -0.25) is 9.59 Å². The Bertz CT molecular complexity index is 786. The summed E-state index contributed by atoms with van der Waals surface area (Å²) in [6.45, 7) is 2.59. The van der Waals surface area contributed by atoms with E-state index in [1.54, 1.807) is 24.3 Å². The Morgan fingerprint density at radius 3 is 1.25 bits per heavy atom. The molecule has 2 aromatic rings. The van der Waals surface area contributed by atoms with E-state index < -0.39 is 11.9 Å². The van der Waals surface area contributed by atoms with Crippen LogP contribution in [0.2, 0.25) is 0 Å². The predicted octanol–water partition coefficient (Wildman–Crippen LogP) is 2.62. The van der Waals surface area contributed by atoms with Crippen molar-refractivity contribution in [3.63, 3.8) is 0 Å². The maximum absolute atomic E-state index is 11.9. The van der Waals surface area contributed by atoms with Crippen molar-refractivity contribution in [1.29, 1.82) is 0 Å². The number of ether oxygens (including phenoxy) is 2. The summed E-state index contributed by atoms with van der Waals surface area (Å²) in [5.74, 6) is -1.54. The molecule has 2 amide bonds. The fourth-order valence-electron chi connectivity index (χ4n) is 2.22. The predicted molar refractivity (Wildman–Crippen MR) is 102 cm³/mol. The van der Waals surface area contributed by atoms with Gasteiger partial charge in [-0.15, -0.1) is 0 Å². The molecule has 0 bridgehead atoms. The number of hydrogen-bond acceptors (Lipinski definition) is 6. The summed E-state index contributed by atoms with van der Waals surface area (Å²) < 4.78 is 10.1. The summed E-state index contributed by atoms with van der Waals surface area (Å²) in [4.78, 5) is 45.8. The first-order valence-corrected chi connectivity index (χ1v) is 8.44. The number of rotatable bonds is 7. The number of esters is 2. The zero-order chi connectivity index (χ0) is 20.5. The molecule has 0 heterocycles. The molecule has 146 valence electrons. The fraction of sp³-hybridized carbons (Fsp3) is 0.200. The fourth-order valence-corrected chi connectivity index (χ4v) is 2.22. The van der Waals surface area contributed by atoms with Crippen molar-refractivity contribution in [2.75, 3.05) is 23.8 Å². The normalized spacial score (nSPS) is 9.93. The highest BCUT2D eigenvalue weighted by molar-refractivity contribution is 5.93. The first-order chi connectivity index (χ1) is 13.3. The molecule has 28 heavy (non-hydrogen) atoms. The zero-order valence-electron chi connectivity index (χ0n) is 15.5. The van der Waals surface area contributed by atoms with Crippen LogP contribution in [0.5, 0.6) is 0 Å². The van der Waals surface area contributed by atoms with Crippen molar-refractivity contribution in [2.45, 2.75) is 13.8 Å². The van der Waals surface area contributed by atoms with Crippen LogP contribution in [0.15, 0.2) is 48.5 Å². The second kappa shape index (κ2) is 9.86. The molecular weight excluding hydrogens is 364 g/mol. The van der Waals surface area contributed by atoms with Crippen molar-refractivity contribution >= 4 is 35.1 Å². The van der Waals surface area contributed by atoms with Gasteiger partial charge in [0.1, 0.15) is 13.2 Å². The van der Waals surface area contributed by atoms with Crippen LogP contribution in [-0.2, 0) is 19.1 Å². The van der Waals surface area contributed by atoms with Gasteiger partial charge in [0, 0.05) is 25.2 Å². The lowest BCUT2D eigenvalue weighted by atomic mass is 10.2. The third kappa shape index (κ3) is 6.56. The molecule has 8 nitrogen and oxygen atoms in total. The standard InChI is InChI=1S/C20H20N2O6/c1-13(23)21-17-7-3-15(4-8-17)19(25)27-11-12-28-20(26)16-5-9-18(10-6-16)22-14(2)24/h3-10H,11-12H2,1-2H3,(H,21,23)(H,22,24). The molecule has 0 aliphatic rings. The smallest absolute Gasteiger partial charge is 0.338 e. The molecule has 0 aromatic heterocycles. The molecule has 0 saturated heterocycles. The van der Waals surface area contributed by atoms with Crippen molar-refractivity contribution in [3.05, 3.63) is 59.7 Å². The van der Waals surface area contributed by atoms with Crippen LogP contribution in [-0.4, -0.2) is 37.0 Å². The van der Waals surface area contributed by atoms with Gasteiger partial charge in [0.25, 0.3) is 0 Å². The molecule has 0 radical (unpaired) electrons. The lowest BCUT2D eigenvalue weighted by Crippen LogP contribution is -2.14. The minimum absolute atomic E-state index is 0.0952. The number of carbonyl (C=O) groups excluding carboxylic acids is 4. The van der Waals surface area contributed by atoms with Gasteiger partial charge in [-0.25, -0.2) is 9.59 Å². The average molecular weight is 384 g/mol. The van der Waals surface area contributed by atoms with E-state index in [1.165, 1.54) is 38.1 Å². The van der Waals surface area contributed by atoms with E-state index in [-0.39, 0.29) is 25.0 Å². The zero-order valence-corrected chi connectivity index (χ0v) is 15.5. The van der Waals surface area contributed by atoms with Crippen LogP contribution >= 0.6 is 0 Å². The van der Waals surface area contributed by atoms with Crippen LogP contribution < -0.4 is 10.6 Å². The Hall–Kier alpha value is -3.68. The first-order valence-electron chi connectivity index (χ1n) is 8.44. The summed E-state index contributed by atoms with van der Waals surface area (Å²) in [7, 11) is 0. The quantitative estimate of drug-likeness (QED) is 0.561. The Morgan fingerprint density at radius 1 is 0.643 bits per heavy atom. The Labute approximate surface area is 161 Å². The first kappa shape index (κ1) is 20.6. The van der Waals surface area contributed by atoms with Crippen LogP contribution in [0.4, 0.5) is 11.4 Å². The van der Waals surface area contributed by atoms with E-state index in [9.17, 15) is 19.2 Å². The number of anilines is 2. The van der Waals surface area contributed by atoms with Gasteiger partial charge in [-0.05, 0) is 48.5 Å². The van der Waals surface area contributed by atoms with Gasteiger partial charge in [-0.2, -0.15) is 0 Å². The highest BCUT2D eigenvalue weighted by Crippen LogP contribution is 2.12. The number of amides is 2. The van der Waals surface area contributed by atoms with E-state index in [4.69, 9.17) is 9.47 Å². The molecule has 2 aromatic carbocycles. The van der Waals surface area contributed by atoms with Crippen molar-refractivity contribution in [1.82, 2.24) is 0 Å². The Morgan fingerprint density at radius 2 is 0.964 bits per heavy atom. The monoisotopic (exact) mass is 384 g/mol. The van der Waals surface area contributed by atoms with E-state index >= 15 is 0 Å². The van der Waals surface area contributed by atoms with Crippen LogP contribution in [0.3, 0.4) is 0 Å². The van der Waals surface area contributed by atoms with Crippen molar-refractivity contribution < 1.29 is 28.7 Å². The second-order valence-corrected chi connectivity index (χ2v) is 5.79. The lowest BCUT2D eigenvalue weighted by Gasteiger charge is -2.08. The van der Waals surface area contributed by atoms with E-state index in [0.29, 0.717) is 22.5 Å². The maximum Gasteiger partial charge on any atom is 0.338 e. The van der Waals surface area contributed by atoms with Crippen LogP contribution in [0.25, 0.3) is 0 Å². The topological polar surface area (TPSA) is 111 Å². The lowest BCUT2D eigenvalue weighted by molar-refractivity contribution is -0.115. The van der Waals surface area contributed by atoms with Crippen molar-refractivity contribution in [3.8, 4) is 0 Å². The minimum Gasteiger partial charge on any atom is -0.458 e. The number of nitrogens with one attached hydrogen (secondary N) is 2. The highest BCUT2D eigenvalue weighted by atomic mass is 16.6. The molecule has 0 aliphatic carbocycles. The minimum atomic E-state index is -0.565. The summed E-state index contributed by atoms with van der Waals surface area (Å²) in [6.07, 6.45) is 0. The number of benzene rings is 2. The van der Waals surface area contributed by atoms with Gasteiger partial charge < -0.3 is 20.1 Å². The van der Waals surface area contributed by atoms with Gasteiger partial charge in [0.15, 0.2) is 0 Å². The van der Waals surface area contributed by atoms with E-state index in [1.807, 2.05) is 0 Å². The SMILES string of the molecule is CC(=O)Nc1ccc(C(=O)OCCOC(=O)c2ccc(NC(C)=O)cc2)cc1. The highest BCUT2D eigenvalue weighted by Gasteiger charge is 2.10. The second-order valence-electron chi connectivity index (χ2n) is 5.79. The molecule has 0 spiro atoms. The molecule has 2 N–H and O–H groups in total. The summed E-state index contributed by atoms with van der Waals surface area (Å²) in [5, 5.41) is 5.19. The summed E-state index contributed by atoms with van der Waals surface area (Å²) in [6, 6.07) is 12.4. The third-order valence-corrected chi connectivity index (χ3v) is 3.43. The average Bonchev–Trinajstić information content (AvgIpc) is 2.65. The third-order valence-electron chi connectivity index (χ3n) is 3.43. The molecular formula is C20H20N2O6. The molecule has 0 atom stereocenters. The van der Waals surface area contributed by atoms with Crippen LogP contribution in [0.1, 0.15) is 34.6 Å². The Balaban J connectivity index is 1.75. The number of carbonyl (C=O) groups is 4. The molecule has 0 unspecified atom stereocenters. The van der Waals surface area contributed by atoms with E-state index in [2.05, 4.69) is 10.6 Å².